The summed E-state index contributed by atoms with van der Waals surface area (Å²) in [6.07, 6.45) is 1.66. The molecule has 1 amide bonds. The number of fused-ring (bicyclic) bond motifs is 1. The zero-order valence-corrected chi connectivity index (χ0v) is 11.6. The van der Waals surface area contributed by atoms with Crippen molar-refractivity contribution in [1.29, 1.82) is 5.26 Å². The number of thiophene rings is 1. The van der Waals surface area contributed by atoms with Gasteiger partial charge in [-0.15, -0.1) is 11.3 Å². The van der Waals surface area contributed by atoms with Crippen molar-refractivity contribution in [3.8, 4) is 6.07 Å². The van der Waals surface area contributed by atoms with Gasteiger partial charge in [0, 0.05) is 17.3 Å². The third kappa shape index (κ3) is 2.42. The molecule has 6 heteroatoms. The van der Waals surface area contributed by atoms with E-state index in [0.717, 1.165) is 10.2 Å². The van der Waals surface area contributed by atoms with Crippen LogP contribution in [0.5, 0.6) is 0 Å². The number of nitrogen functional groups attached to an aromatic ring is 1. The number of nitrogens with one attached hydrogen (secondary N) is 1. The average molecular weight is 294 g/mol. The predicted octanol–water partition coefficient (Wildman–Crippen LogP) is 3.00. The van der Waals surface area contributed by atoms with Gasteiger partial charge in [0.1, 0.15) is 9.71 Å². The lowest BCUT2D eigenvalue weighted by Crippen LogP contribution is -2.11. The molecule has 0 fully saturated rings. The van der Waals surface area contributed by atoms with Crippen LogP contribution in [0.4, 0.5) is 11.4 Å². The Kier molecular flexibility index (Phi) is 3.26. The van der Waals surface area contributed by atoms with Crippen LogP contribution in [-0.4, -0.2) is 10.9 Å². The van der Waals surface area contributed by atoms with E-state index < -0.39 is 0 Å². The maximum Gasteiger partial charge on any atom is 0.267 e. The van der Waals surface area contributed by atoms with Gasteiger partial charge in [0.15, 0.2) is 0 Å². The molecule has 5 nitrogen and oxygen atoms in total. The van der Waals surface area contributed by atoms with Gasteiger partial charge in [0.05, 0.1) is 17.3 Å². The largest absolute Gasteiger partial charge is 0.397 e. The van der Waals surface area contributed by atoms with Gasteiger partial charge in [-0.1, -0.05) is 6.07 Å². The molecule has 21 heavy (non-hydrogen) atoms. The van der Waals surface area contributed by atoms with Gasteiger partial charge >= 0.3 is 0 Å². The minimum Gasteiger partial charge on any atom is -0.397 e. The Morgan fingerprint density at radius 3 is 2.95 bits per heavy atom. The fourth-order valence-corrected chi connectivity index (χ4v) is 2.93. The number of carbonyl (C=O) groups excluding carboxylic acids is 1. The maximum atomic E-state index is 12.3. The lowest BCUT2D eigenvalue weighted by Gasteiger charge is -2.04. The molecular formula is C15H10N4OS. The molecule has 0 aliphatic rings. The highest BCUT2D eigenvalue weighted by Crippen LogP contribution is 2.32. The van der Waals surface area contributed by atoms with Crippen LogP contribution in [0.15, 0.2) is 42.6 Å². The van der Waals surface area contributed by atoms with Crippen LogP contribution in [0.3, 0.4) is 0 Å². The highest BCUT2D eigenvalue weighted by atomic mass is 32.1. The van der Waals surface area contributed by atoms with Crippen LogP contribution < -0.4 is 11.1 Å². The summed E-state index contributed by atoms with van der Waals surface area (Å²) in [6, 6.07) is 12.4. The van der Waals surface area contributed by atoms with Crippen molar-refractivity contribution in [1.82, 2.24) is 4.98 Å². The predicted molar refractivity (Wildman–Crippen MR) is 83.1 cm³/mol. The summed E-state index contributed by atoms with van der Waals surface area (Å²) in [4.78, 5) is 17.7. The number of pyridine rings is 1. The Balaban J connectivity index is 1.94. The van der Waals surface area contributed by atoms with Crippen molar-refractivity contribution >= 4 is 38.8 Å². The van der Waals surface area contributed by atoms with Gasteiger partial charge < -0.3 is 11.1 Å². The number of nitrogens with two attached hydrogens (primary N) is 1. The van der Waals surface area contributed by atoms with E-state index in [4.69, 9.17) is 11.0 Å². The fourth-order valence-electron chi connectivity index (χ4n) is 1.97. The Morgan fingerprint density at radius 1 is 1.33 bits per heavy atom. The number of nitriles is 1. The number of rotatable bonds is 2. The SMILES string of the molecule is N#Cc1cccc(NC(=O)c2sc3ncccc3c2N)c1. The molecule has 0 unspecified atom stereocenters. The first kappa shape index (κ1) is 13.1. The van der Waals surface area contributed by atoms with Crippen LogP contribution in [0.1, 0.15) is 15.2 Å². The second-order valence-electron chi connectivity index (χ2n) is 4.35. The molecule has 102 valence electrons. The molecule has 0 aliphatic carbocycles. The normalized spacial score (nSPS) is 10.2. The smallest absolute Gasteiger partial charge is 0.267 e. The Hall–Kier alpha value is -2.91. The van der Waals surface area contributed by atoms with E-state index in [1.165, 1.54) is 11.3 Å². The Labute approximate surface area is 124 Å². The van der Waals surface area contributed by atoms with Crippen molar-refractivity contribution in [2.24, 2.45) is 0 Å². The first-order valence-electron chi connectivity index (χ1n) is 6.13. The summed E-state index contributed by atoms with van der Waals surface area (Å²) >= 11 is 1.25. The average Bonchev–Trinajstić information content (AvgIpc) is 2.85. The summed E-state index contributed by atoms with van der Waals surface area (Å²) in [5.74, 6) is -0.300. The van der Waals surface area contributed by atoms with E-state index in [0.29, 0.717) is 21.8 Å². The van der Waals surface area contributed by atoms with Gasteiger partial charge in [-0.3, -0.25) is 4.79 Å². The van der Waals surface area contributed by atoms with Crippen molar-refractivity contribution in [2.75, 3.05) is 11.1 Å². The number of carbonyl (C=O) groups is 1. The number of aromatic nitrogens is 1. The number of nitrogens with zero attached hydrogens (tertiary/aromatic N) is 2. The van der Waals surface area contributed by atoms with Crippen LogP contribution >= 0.6 is 11.3 Å². The highest BCUT2D eigenvalue weighted by Gasteiger charge is 2.17. The molecule has 0 saturated carbocycles. The molecule has 0 bridgehead atoms. The monoisotopic (exact) mass is 294 g/mol. The van der Waals surface area contributed by atoms with Gasteiger partial charge in [0.25, 0.3) is 5.91 Å². The van der Waals surface area contributed by atoms with Crippen LogP contribution in [-0.2, 0) is 0 Å². The Morgan fingerprint density at radius 2 is 2.19 bits per heavy atom. The first-order chi connectivity index (χ1) is 10.2. The Bertz CT molecular complexity index is 879. The van der Waals surface area contributed by atoms with Gasteiger partial charge in [-0.05, 0) is 30.3 Å². The minimum absolute atomic E-state index is 0.300. The molecule has 0 aliphatic heterocycles. The van der Waals surface area contributed by atoms with Crippen molar-refractivity contribution in [3.63, 3.8) is 0 Å². The lowest BCUT2D eigenvalue weighted by atomic mass is 10.2. The fraction of sp³-hybridized carbons (Fsp3) is 0. The topological polar surface area (TPSA) is 91.8 Å². The van der Waals surface area contributed by atoms with E-state index in [1.807, 2.05) is 12.1 Å². The summed E-state index contributed by atoms with van der Waals surface area (Å²) in [5.41, 5.74) is 7.48. The van der Waals surface area contributed by atoms with Crippen molar-refractivity contribution in [3.05, 3.63) is 53.0 Å². The van der Waals surface area contributed by atoms with E-state index >= 15 is 0 Å². The summed E-state index contributed by atoms with van der Waals surface area (Å²) in [5, 5.41) is 12.4. The molecule has 3 aromatic rings. The quantitative estimate of drug-likeness (QED) is 0.760. The maximum absolute atomic E-state index is 12.3. The zero-order chi connectivity index (χ0) is 14.8. The molecule has 0 atom stereocenters. The number of hydrogen-bond donors (Lipinski definition) is 2. The van der Waals surface area contributed by atoms with Gasteiger partial charge in [-0.25, -0.2) is 4.98 Å². The summed E-state index contributed by atoms with van der Waals surface area (Å²) in [7, 11) is 0. The van der Waals surface area contributed by atoms with Crippen LogP contribution in [0.25, 0.3) is 10.2 Å². The number of benzene rings is 1. The molecule has 2 aromatic heterocycles. The molecule has 0 spiro atoms. The summed E-state index contributed by atoms with van der Waals surface area (Å²) in [6.45, 7) is 0. The molecule has 0 radical (unpaired) electrons. The van der Waals surface area contributed by atoms with Gasteiger partial charge in [-0.2, -0.15) is 5.26 Å². The number of anilines is 2. The van der Waals surface area contributed by atoms with E-state index in [9.17, 15) is 4.79 Å². The van der Waals surface area contributed by atoms with Crippen molar-refractivity contribution < 1.29 is 4.79 Å². The van der Waals surface area contributed by atoms with E-state index in [2.05, 4.69) is 10.3 Å². The molecule has 3 N–H and O–H groups in total. The third-order valence-electron chi connectivity index (χ3n) is 2.96. The van der Waals surface area contributed by atoms with E-state index in [1.54, 1.807) is 36.5 Å². The standard InChI is InChI=1S/C15H10N4OS/c16-8-9-3-1-4-10(7-9)19-14(20)13-12(17)11-5-2-6-18-15(11)21-13/h1-7H,17H2,(H,19,20). The molecule has 1 aromatic carbocycles. The zero-order valence-electron chi connectivity index (χ0n) is 10.8. The minimum atomic E-state index is -0.300. The molecule has 3 rings (SSSR count). The molecule has 2 heterocycles. The highest BCUT2D eigenvalue weighted by molar-refractivity contribution is 7.21. The van der Waals surface area contributed by atoms with E-state index in [-0.39, 0.29) is 5.91 Å². The second kappa shape index (κ2) is 5.23. The third-order valence-corrected chi connectivity index (χ3v) is 4.09. The van der Waals surface area contributed by atoms with Crippen LogP contribution in [0.2, 0.25) is 0 Å². The lowest BCUT2D eigenvalue weighted by molar-refractivity contribution is 0.103. The first-order valence-corrected chi connectivity index (χ1v) is 6.95. The van der Waals surface area contributed by atoms with Gasteiger partial charge in [0.2, 0.25) is 0 Å². The van der Waals surface area contributed by atoms with Crippen molar-refractivity contribution in [2.45, 2.75) is 0 Å². The second-order valence-corrected chi connectivity index (χ2v) is 5.35. The molecular weight excluding hydrogens is 284 g/mol. The molecule has 0 saturated heterocycles. The number of amides is 1. The summed E-state index contributed by atoms with van der Waals surface area (Å²) < 4.78 is 0. The number of hydrogen-bond acceptors (Lipinski definition) is 5. The van der Waals surface area contributed by atoms with Crippen LogP contribution in [0, 0.1) is 11.3 Å².